The fourth-order valence-corrected chi connectivity index (χ4v) is 5.50. The summed E-state index contributed by atoms with van der Waals surface area (Å²) in [4.78, 5) is 4.67. The van der Waals surface area contributed by atoms with Crippen molar-refractivity contribution in [1.82, 2.24) is 5.32 Å². The zero-order valence-corrected chi connectivity index (χ0v) is 31.2. The van der Waals surface area contributed by atoms with Crippen LogP contribution in [-0.2, 0) is 41.3 Å². The van der Waals surface area contributed by atoms with Crippen LogP contribution in [-0.4, -0.2) is 5.96 Å². The van der Waals surface area contributed by atoms with Gasteiger partial charge >= 0.3 is 0 Å². The summed E-state index contributed by atoms with van der Waals surface area (Å²) in [6.45, 7) is 29.3. The molecule has 4 rings (SSSR count). The standard InChI is InChI=1S/C43H59N4/c1-40(2,3)35-21-31(22-36(25-35)41(4,5)6)28-46-39(44)45-27-30-13-15-33(16-14-30)34-17-19-47(20-18-34)29-32-23-37(42(7,8)9)26-38(24-32)43(10,11)12/h13-26H,27-29H2,1-12H3,(H3,44,45,46)/q+1. The van der Waals surface area contributed by atoms with Crippen LogP contribution in [0, 0.1) is 0 Å². The van der Waals surface area contributed by atoms with Gasteiger partial charge in [-0.25, -0.2) is 9.56 Å². The van der Waals surface area contributed by atoms with E-state index in [-0.39, 0.29) is 21.7 Å². The highest BCUT2D eigenvalue weighted by Gasteiger charge is 2.22. The molecule has 0 aliphatic rings. The number of hydrogen-bond donors (Lipinski definition) is 2. The molecule has 0 fully saturated rings. The van der Waals surface area contributed by atoms with Gasteiger partial charge in [0, 0.05) is 24.2 Å². The van der Waals surface area contributed by atoms with Gasteiger partial charge in [0.15, 0.2) is 24.9 Å². The molecule has 0 radical (unpaired) electrons. The van der Waals surface area contributed by atoms with Gasteiger partial charge in [-0.1, -0.05) is 132 Å². The first-order valence-corrected chi connectivity index (χ1v) is 17.1. The third-order valence-electron chi connectivity index (χ3n) is 8.90. The topological polar surface area (TPSA) is 54.3 Å². The molecule has 4 nitrogen and oxygen atoms in total. The highest BCUT2D eigenvalue weighted by atomic mass is 15.1. The molecule has 47 heavy (non-hydrogen) atoms. The van der Waals surface area contributed by atoms with Crippen LogP contribution in [0.4, 0.5) is 0 Å². The minimum atomic E-state index is 0.0751. The summed E-state index contributed by atoms with van der Waals surface area (Å²) in [6.07, 6.45) is 4.37. The quantitative estimate of drug-likeness (QED) is 0.121. The lowest BCUT2D eigenvalue weighted by molar-refractivity contribution is -0.688. The van der Waals surface area contributed by atoms with E-state index in [9.17, 15) is 0 Å². The third kappa shape index (κ3) is 10.0. The number of benzene rings is 3. The van der Waals surface area contributed by atoms with Gasteiger partial charge in [0.05, 0.1) is 6.54 Å². The summed E-state index contributed by atoms with van der Waals surface area (Å²) < 4.78 is 2.27. The average Bonchev–Trinajstić information content (AvgIpc) is 2.97. The molecule has 0 aliphatic heterocycles. The number of nitrogens with two attached hydrogens (primary N) is 1. The lowest BCUT2D eigenvalue weighted by atomic mass is 9.79. The molecular weight excluding hydrogens is 573 g/mol. The largest absolute Gasteiger partial charge is 0.370 e. The summed E-state index contributed by atoms with van der Waals surface area (Å²) in [5.41, 5.74) is 18.2. The van der Waals surface area contributed by atoms with Gasteiger partial charge in [0.1, 0.15) is 0 Å². The van der Waals surface area contributed by atoms with Gasteiger partial charge in [0.2, 0.25) is 0 Å². The number of nitrogens with one attached hydrogen (secondary N) is 1. The van der Waals surface area contributed by atoms with E-state index in [1.165, 1.54) is 44.5 Å². The van der Waals surface area contributed by atoms with Crippen molar-refractivity contribution in [3.05, 3.63) is 124 Å². The summed E-state index contributed by atoms with van der Waals surface area (Å²) >= 11 is 0. The summed E-state index contributed by atoms with van der Waals surface area (Å²) in [6, 6.07) is 27.1. The fraction of sp³-hybridized carbons (Fsp3) is 0.442. The Morgan fingerprint density at radius 1 is 0.553 bits per heavy atom. The zero-order chi connectivity index (χ0) is 34.8. The first-order valence-electron chi connectivity index (χ1n) is 17.1. The number of aromatic nitrogens is 1. The van der Waals surface area contributed by atoms with Crippen LogP contribution in [0.25, 0.3) is 11.1 Å². The molecule has 4 aromatic rings. The van der Waals surface area contributed by atoms with Crippen LogP contribution in [0.3, 0.4) is 0 Å². The summed E-state index contributed by atoms with van der Waals surface area (Å²) in [5, 5.41) is 3.30. The monoisotopic (exact) mass is 631 g/mol. The normalized spacial score (nSPS) is 13.1. The van der Waals surface area contributed by atoms with E-state index in [1.807, 2.05) is 0 Å². The Labute approximate surface area is 285 Å². The second kappa shape index (κ2) is 13.7. The predicted molar refractivity (Wildman–Crippen MR) is 201 cm³/mol. The first-order chi connectivity index (χ1) is 21.7. The van der Waals surface area contributed by atoms with Crippen molar-refractivity contribution in [2.45, 2.75) is 124 Å². The number of aliphatic imine (C=N–C) groups is 1. The molecule has 0 saturated carbocycles. The third-order valence-corrected chi connectivity index (χ3v) is 8.90. The molecule has 3 aromatic carbocycles. The molecule has 0 bridgehead atoms. The van der Waals surface area contributed by atoms with Gasteiger partial charge in [-0.15, -0.1) is 0 Å². The summed E-state index contributed by atoms with van der Waals surface area (Å²) in [7, 11) is 0. The van der Waals surface area contributed by atoms with E-state index in [2.05, 4.69) is 183 Å². The zero-order valence-electron chi connectivity index (χ0n) is 31.2. The average molecular weight is 632 g/mol. The molecule has 250 valence electrons. The van der Waals surface area contributed by atoms with E-state index in [4.69, 9.17) is 5.73 Å². The molecule has 1 heterocycles. The van der Waals surface area contributed by atoms with Crippen molar-refractivity contribution in [1.29, 1.82) is 0 Å². The Morgan fingerprint density at radius 2 is 0.957 bits per heavy atom. The van der Waals surface area contributed by atoms with Gasteiger partial charge in [0.25, 0.3) is 0 Å². The molecule has 0 spiro atoms. The van der Waals surface area contributed by atoms with Gasteiger partial charge in [-0.3, -0.25) is 0 Å². The fourth-order valence-electron chi connectivity index (χ4n) is 5.50. The second-order valence-corrected chi connectivity index (χ2v) is 17.3. The van der Waals surface area contributed by atoms with Crippen LogP contribution < -0.4 is 15.6 Å². The van der Waals surface area contributed by atoms with Crippen molar-refractivity contribution < 1.29 is 4.57 Å². The van der Waals surface area contributed by atoms with Crippen molar-refractivity contribution in [2.24, 2.45) is 10.7 Å². The first kappa shape index (κ1) is 35.9. The van der Waals surface area contributed by atoms with Crippen molar-refractivity contribution in [3.8, 4) is 11.1 Å². The molecule has 0 unspecified atom stereocenters. The van der Waals surface area contributed by atoms with Gasteiger partial charge in [-0.2, -0.15) is 0 Å². The van der Waals surface area contributed by atoms with Crippen molar-refractivity contribution >= 4 is 5.96 Å². The maximum Gasteiger partial charge on any atom is 0.189 e. The minimum Gasteiger partial charge on any atom is -0.370 e. The number of nitrogens with zero attached hydrogens (tertiary/aromatic N) is 2. The lowest BCUT2D eigenvalue weighted by Crippen LogP contribution is -2.33. The molecule has 0 atom stereocenters. The predicted octanol–water partition coefficient (Wildman–Crippen LogP) is 9.48. The van der Waals surface area contributed by atoms with Crippen molar-refractivity contribution in [3.63, 3.8) is 0 Å². The number of pyridine rings is 1. The van der Waals surface area contributed by atoms with Crippen molar-refractivity contribution in [2.75, 3.05) is 0 Å². The maximum absolute atomic E-state index is 6.30. The lowest BCUT2D eigenvalue weighted by Gasteiger charge is -2.26. The Morgan fingerprint density at radius 3 is 1.38 bits per heavy atom. The Hall–Kier alpha value is -3.92. The number of rotatable bonds is 7. The van der Waals surface area contributed by atoms with Crippen LogP contribution in [0.2, 0.25) is 0 Å². The maximum atomic E-state index is 6.30. The Bertz CT molecular complexity index is 1620. The van der Waals surface area contributed by atoms with Crippen LogP contribution >= 0.6 is 0 Å². The molecule has 4 heteroatoms. The SMILES string of the molecule is CC(C)(C)c1cc(CN=C(N)NCc2ccc(-c3cc[n+](Cc4cc(C(C)(C)C)cc(C(C)(C)C)c4)cc3)cc2)cc(C(C)(C)C)c1. The Balaban J connectivity index is 1.39. The van der Waals surface area contributed by atoms with E-state index in [0.29, 0.717) is 19.0 Å². The van der Waals surface area contributed by atoms with E-state index in [0.717, 1.165) is 12.1 Å². The molecular formula is C43H59N4+. The molecule has 0 amide bonds. The molecule has 1 aromatic heterocycles. The highest BCUT2D eigenvalue weighted by Crippen LogP contribution is 2.32. The molecule has 0 saturated heterocycles. The van der Waals surface area contributed by atoms with E-state index < -0.39 is 0 Å². The smallest absolute Gasteiger partial charge is 0.189 e. The summed E-state index contributed by atoms with van der Waals surface area (Å²) in [5.74, 6) is 0.461. The van der Waals surface area contributed by atoms with Crippen LogP contribution in [0.1, 0.15) is 122 Å². The number of hydrogen-bond acceptors (Lipinski definition) is 1. The van der Waals surface area contributed by atoms with Gasteiger partial charge in [-0.05, 0) is 78.3 Å². The molecule has 0 aliphatic carbocycles. The van der Waals surface area contributed by atoms with Gasteiger partial charge < -0.3 is 11.1 Å². The van der Waals surface area contributed by atoms with Crippen LogP contribution in [0.15, 0.2) is 90.2 Å². The van der Waals surface area contributed by atoms with Crippen LogP contribution in [0.5, 0.6) is 0 Å². The van der Waals surface area contributed by atoms with E-state index >= 15 is 0 Å². The second-order valence-electron chi connectivity index (χ2n) is 17.3. The Kier molecular flexibility index (Phi) is 10.4. The highest BCUT2D eigenvalue weighted by molar-refractivity contribution is 5.77. The van der Waals surface area contributed by atoms with E-state index in [1.54, 1.807) is 0 Å². The molecule has 3 N–H and O–H groups in total. The minimum absolute atomic E-state index is 0.0751. The number of guanidine groups is 1.